The molecule has 1 aliphatic rings. The average Bonchev–Trinajstić information content (AvgIpc) is 3.21. The maximum absolute atomic E-state index is 12.3. The number of methoxy groups -OCH3 is 1. The fraction of sp³-hybridized carbons (Fsp3) is 0.533. The predicted octanol–water partition coefficient (Wildman–Crippen LogP) is 0.954. The van der Waals surface area contributed by atoms with E-state index in [-0.39, 0.29) is 30.0 Å². The third-order valence-corrected chi connectivity index (χ3v) is 3.63. The fourth-order valence-electron chi connectivity index (χ4n) is 2.49. The van der Waals surface area contributed by atoms with Crippen molar-refractivity contribution in [3.8, 4) is 0 Å². The molecule has 2 heterocycles. The Labute approximate surface area is 128 Å². The molecule has 1 fully saturated rings. The lowest BCUT2D eigenvalue weighted by atomic mass is 10.2. The van der Waals surface area contributed by atoms with E-state index in [2.05, 4.69) is 10.1 Å². The van der Waals surface area contributed by atoms with E-state index in [0.717, 1.165) is 6.42 Å². The van der Waals surface area contributed by atoms with Crippen molar-refractivity contribution in [1.82, 2.24) is 10.2 Å². The zero-order valence-corrected chi connectivity index (χ0v) is 12.5. The summed E-state index contributed by atoms with van der Waals surface area (Å²) in [5, 5.41) is 2.76. The minimum atomic E-state index is -0.476. The van der Waals surface area contributed by atoms with Crippen molar-refractivity contribution in [2.45, 2.75) is 31.7 Å². The first-order valence-corrected chi connectivity index (χ1v) is 7.32. The van der Waals surface area contributed by atoms with Gasteiger partial charge in [0.1, 0.15) is 6.04 Å². The first-order valence-electron chi connectivity index (χ1n) is 7.32. The molecule has 0 radical (unpaired) electrons. The number of hydrogen-bond acceptors (Lipinski definition) is 5. The summed E-state index contributed by atoms with van der Waals surface area (Å²) in [6, 6.07) is 2.76. The standard InChI is InChI=1S/C15H20N2O5/c1-21-13(18)7-2-8-16-14(19)11-5-3-9-17(11)15(20)12-6-4-10-22-12/h4,6,10-11H,2-3,5,7-9H2,1H3,(H,16,19). The summed E-state index contributed by atoms with van der Waals surface area (Å²) >= 11 is 0. The molecule has 1 aromatic heterocycles. The highest BCUT2D eigenvalue weighted by Crippen LogP contribution is 2.20. The van der Waals surface area contributed by atoms with Gasteiger partial charge in [-0.15, -0.1) is 0 Å². The first kappa shape index (κ1) is 16.1. The molecule has 1 aliphatic heterocycles. The number of rotatable bonds is 6. The number of esters is 1. The molecule has 1 saturated heterocycles. The van der Waals surface area contributed by atoms with Crippen molar-refractivity contribution < 1.29 is 23.5 Å². The summed E-state index contributed by atoms with van der Waals surface area (Å²) in [5.41, 5.74) is 0. The van der Waals surface area contributed by atoms with Gasteiger partial charge in [-0.05, 0) is 31.4 Å². The van der Waals surface area contributed by atoms with Gasteiger partial charge >= 0.3 is 5.97 Å². The van der Waals surface area contributed by atoms with Gasteiger partial charge in [-0.1, -0.05) is 0 Å². The Balaban J connectivity index is 1.83. The van der Waals surface area contributed by atoms with Crippen LogP contribution in [-0.4, -0.2) is 48.9 Å². The van der Waals surface area contributed by atoms with Crippen LogP contribution in [0.5, 0.6) is 0 Å². The summed E-state index contributed by atoms with van der Waals surface area (Å²) in [4.78, 5) is 37.0. The van der Waals surface area contributed by atoms with Crippen LogP contribution in [0.1, 0.15) is 36.2 Å². The summed E-state index contributed by atoms with van der Waals surface area (Å²) < 4.78 is 9.63. The molecule has 7 heteroatoms. The predicted molar refractivity (Wildman–Crippen MR) is 77.0 cm³/mol. The lowest BCUT2D eigenvalue weighted by Crippen LogP contribution is -2.46. The Bertz CT molecular complexity index is 526. The Morgan fingerprint density at radius 2 is 2.27 bits per heavy atom. The Kier molecular flexibility index (Phi) is 5.57. The van der Waals surface area contributed by atoms with E-state index >= 15 is 0 Å². The van der Waals surface area contributed by atoms with Crippen molar-refractivity contribution in [3.05, 3.63) is 24.2 Å². The van der Waals surface area contributed by atoms with E-state index in [0.29, 0.717) is 25.9 Å². The number of carbonyl (C=O) groups excluding carboxylic acids is 3. The number of amides is 2. The van der Waals surface area contributed by atoms with Crippen molar-refractivity contribution in [1.29, 1.82) is 0 Å². The lowest BCUT2D eigenvalue weighted by Gasteiger charge is -2.22. The lowest BCUT2D eigenvalue weighted by molar-refractivity contribution is -0.140. The number of nitrogens with zero attached hydrogens (tertiary/aromatic N) is 1. The minimum Gasteiger partial charge on any atom is -0.469 e. The minimum absolute atomic E-state index is 0.192. The van der Waals surface area contributed by atoms with Crippen LogP contribution in [0.2, 0.25) is 0 Å². The highest BCUT2D eigenvalue weighted by Gasteiger charge is 2.35. The van der Waals surface area contributed by atoms with Crippen molar-refractivity contribution in [2.75, 3.05) is 20.2 Å². The molecule has 0 bridgehead atoms. The molecule has 1 N–H and O–H groups in total. The fourth-order valence-corrected chi connectivity index (χ4v) is 2.49. The van der Waals surface area contributed by atoms with E-state index in [4.69, 9.17) is 4.42 Å². The number of hydrogen-bond donors (Lipinski definition) is 1. The number of likely N-dealkylation sites (tertiary alicyclic amines) is 1. The zero-order chi connectivity index (χ0) is 15.9. The van der Waals surface area contributed by atoms with Crippen molar-refractivity contribution in [2.24, 2.45) is 0 Å². The molecular formula is C15H20N2O5. The highest BCUT2D eigenvalue weighted by atomic mass is 16.5. The molecule has 1 atom stereocenters. The third kappa shape index (κ3) is 3.87. The molecule has 2 amide bonds. The van der Waals surface area contributed by atoms with Gasteiger partial charge in [0.25, 0.3) is 5.91 Å². The van der Waals surface area contributed by atoms with Gasteiger partial charge in [0.15, 0.2) is 5.76 Å². The summed E-state index contributed by atoms with van der Waals surface area (Å²) in [6.07, 6.45) is 3.63. The second-order valence-corrected chi connectivity index (χ2v) is 5.10. The van der Waals surface area contributed by atoms with Crippen LogP contribution >= 0.6 is 0 Å². The van der Waals surface area contributed by atoms with Gasteiger partial charge < -0.3 is 19.4 Å². The van der Waals surface area contributed by atoms with Gasteiger partial charge in [0.2, 0.25) is 5.91 Å². The largest absolute Gasteiger partial charge is 0.469 e. The molecule has 2 rings (SSSR count). The molecule has 0 saturated carbocycles. The molecule has 120 valence electrons. The Morgan fingerprint density at radius 1 is 1.45 bits per heavy atom. The number of ether oxygens (including phenoxy) is 1. The van der Waals surface area contributed by atoms with Crippen LogP contribution in [0.15, 0.2) is 22.8 Å². The van der Waals surface area contributed by atoms with Crippen LogP contribution in [-0.2, 0) is 14.3 Å². The molecule has 0 spiro atoms. The second-order valence-electron chi connectivity index (χ2n) is 5.10. The van der Waals surface area contributed by atoms with Crippen LogP contribution in [0.3, 0.4) is 0 Å². The summed E-state index contributed by atoms with van der Waals surface area (Å²) in [5.74, 6) is -0.519. The quantitative estimate of drug-likeness (QED) is 0.624. The van der Waals surface area contributed by atoms with Crippen molar-refractivity contribution >= 4 is 17.8 Å². The van der Waals surface area contributed by atoms with E-state index < -0.39 is 6.04 Å². The average molecular weight is 308 g/mol. The molecule has 0 aliphatic carbocycles. The summed E-state index contributed by atoms with van der Waals surface area (Å²) in [7, 11) is 1.33. The normalized spacial score (nSPS) is 17.3. The third-order valence-electron chi connectivity index (χ3n) is 3.63. The number of nitrogens with one attached hydrogen (secondary N) is 1. The Hall–Kier alpha value is -2.31. The van der Waals surface area contributed by atoms with E-state index in [9.17, 15) is 14.4 Å². The van der Waals surface area contributed by atoms with Gasteiger partial charge in [0.05, 0.1) is 13.4 Å². The maximum atomic E-state index is 12.3. The summed E-state index contributed by atoms with van der Waals surface area (Å²) in [6.45, 7) is 0.924. The topological polar surface area (TPSA) is 88.9 Å². The molecule has 0 aromatic carbocycles. The van der Waals surface area contributed by atoms with Gasteiger partial charge in [-0.25, -0.2) is 0 Å². The van der Waals surface area contributed by atoms with Crippen LogP contribution in [0.4, 0.5) is 0 Å². The maximum Gasteiger partial charge on any atom is 0.305 e. The van der Waals surface area contributed by atoms with Crippen LogP contribution in [0.25, 0.3) is 0 Å². The number of furan rings is 1. The highest BCUT2D eigenvalue weighted by molar-refractivity contribution is 5.95. The zero-order valence-electron chi connectivity index (χ0n) is 12.5. The van der Waals surface area contributed by atoms with Gasteiger partial charge in [-0.3, -0.25) is 14.4 Å². The van der Waals surface area contributed by atoms with Crippen molar-refractivity contribution in [3.63, 3.8) is 0 Å². The first-order chi connectivity index (χ1) is 10.6. The van der Waals surface area contributed by atoms with Crippen LogP contribution in [0, 0.1) is 0 Å². The monoisotopic (exact) mass is 308 g/mol. The SMILES string of the molecule is COC(=O)CCCNC(=O)C1CCCN1C(=O)c1ccco1. The molecule has 7 nitrogen and oxygen atoms in total. The molecular weight excluding hydrogens is 288 g/mol. The van der Waals surface area contributed by atoms with E-state index in [1.54, 1.807) is 12.1 Å². The second kappa shape index (κ2) is 7.63. The molecule has 22 heavy (non-hydrogen) atoms. The van der Waals surface area contributed by atoms with Crippen LogP contribution < -0.4 is 5.32 Å². The van der Waals surface area contributed by atoms with Gasteiger partial charge in [0, 0.05) is 19.5 Å². The smallest absolute Gasteiger partial charge is 0.305 e. The Morgan fingerprint density at radius 3 is 2.95 bits per heavy atom. The van der Waals surface area contributed by atoms with E-state index in [1.807, 2.05) is 0 Å². The van der Waals surface area contributed by atoms with Gasteiger partial charge in [-0.2, -0.15) is 0 Å². The number of carbonyl (C=O) groups is 3. The molecule has 1 unspecified atom stereocenters. The van der Waals surface area contributed by atoms with E-state index in [1.165, 1.54) is 18.3 Å². The molecule has 1 aromatic rings.